The van der Waals surface area contributed by atoms with Gasteiger partial charge in [-0.25, -0.2) is 0 Å². The number of amidine groups is 1. The summed E-state index contributed by atoms with van der Waals surface area (Å²) in [6.45, 7) is 2.13. The molecule has 4 N–H and O–H groups in total. The number of benzene rings is 1. The number of carbonyl (C=O) groups excluding carboxylic acids is 1. The zero-order chi connectivity index (χ0) is 17.6. The number of aliphatic hydroxyl groups excluding tert-OH is 1. The fourth-order valence-electron chi connectivity index (χ4n) is 4.09. The van der Waals surface area contributed by atoms with Crippen molar-refractivity contribution in [1.29, 1.82) is 5.41 Å². The molecule has 0 radical (unpaired) electrons. The number of rotatable bonds is 4. The molecular formula is C18H20Cl2N2O2. The summed E-state index contributed by atoms with van der Waals surface area (Å²) < 4.78 is 0. The third-order valence-corrected chi connectivity index (χ3v) is 6.04. The highest BCUT2D eigenvalue weighted by molar-refractivity contribution is 6.44. The molecule has 4 nitrogen and oxygen atoms in total. The van der Waals surface area contributed by atoms with Crippen molar-refractivity contribution < 1.29 is 9.90 Å². The number of nitrogens with two attached hydrogens (primary N) is 1. The third-order valence-electron chi connectivity index (χ3n) is 5.16. The van der Waals surface area contributed by atoms with E-state index in [1.807, 2.05) is 0 Å². The van der Waals surface area contributed by atoms with Crippen LogP contribution in [0.15, 0.2) is 12.1 Å². The van der Waals surface area contributed by atoms with Crippen LogP contribution in [-0.4, -0.2) is 16.7 Å². The molecule has 2 aliphatic rings. The van der Waals surface area contributed by atoms with Gasteiger partial charge in [-0.3, -0.25) is 10.2 Å². The number of hydrogen-bond acceptors (Lipinski definition) is 3. The molecule has 2 atom stereocenters. The molecule has 2 unspecified atom stereocenters. The lowest BCUT2D eigenvalue weighted by atomic mass is 9.70. The summed E-state index contributed by atoms with van der Waals surface area (Å²) in [5, 5.41) is 18.1. The first-order valence-electron chi connectivity index (χ1n) is 8.09. The predicted octanol–water partition coefficient (Wildman–Crippen LogP) is 4.05. The van der Waals surface area contributed by atoms with Crippen LogP contribution in [0.3, 0.4) is 0 Å². The number of hydrogen-bond donors (Lipinski definition) is 3. The molecule has 24 heavy (non-hydrogen) atoms. The number of ketones is 1. The molecule has 0 fully saturated rings. The maximum absolute atomic E-state index is 12.0. The second-order valence-electron chi connectivity index (χ2n) is 6.72. The zero-order valence-corrected chi connectivity index (χ0v) is 15.0. The van der Waals surface area contributed by atoms with Crippen molar-refractivity contribution in [2.24, 2.45) is 11.1 Å². The third kappa shape index (κ3) is 2.57. The Labute approximate surface area is 151 Å². The van der Waals surface area contributed by atoms with E-state index in [1.165, 1.54) is 0 Å². The standard InChI is InChI=1S/C18H20Cl2N2O2/c1-2-4-18-5-3-10(23)7-12(18)13-9(8-18)6-11(14(19)15(13)20)16(24)17(21)22/h6-7,16,24H,2-5,8H2,1H3,(H3,21,22). The van der Waals surface area contributed by atoms with Gasteiger partial charge in [-0.2, -0.15) is 0 Å². The lowest BCUT2D eigenvalue weighted by Crippen LogP contribution is -2.25. The first-order chi connectivity index (χ1) is 11.3. The SMILES string of the molecule is CCCC12CCC(=O)C=C1c1c(cc(C(O)C(=N)N)c(Cl)c1Cl)C2. The zero-order valence-electron chi connectivity index (χ0n) is 13.5. The van der Waals surface area contributed by atoms with E-state index in [9.17, 15) is 9.90 Å². The van der Waals surface area contributed by atoms with Gasteiger partial charge in [0.25, 0.3) is 0 Å². The van der Waals surface area contributed by atoms with Gasteiger partial charge in [0.2, 0.25) is 0 Å². The largest absolute Gasteiger partial charge is 0.385 e. The molecule has 128 valence electrons. The summed E-state index contributed by atoms with van der Waals surface area (Å²) in [5.74, 6) is -0.259. The van der Waals surface area contributed by atoms with Crippen molar-refractivity contribution in [3.05, 3.63) is 38.9 Å². The monoisotopic (exact) mass is 366 g/mol. The van der Waals surface area contributed by atoms with Crippen LogP contribution < -0.4 is 5.73 Å². The Hall–Kier alpha value is -1.36. The van der Waals surface area contributed by atoms with Gasteiger partial charge in [0, 0.05) is 23.0 Å². The van der Waals surface area contributed by atoms with Crippen LogP contribution in [0.1, 0.15) is 55.4 Å². The quantitative estimate of drug-likeness (QED) is 0.554. The Kier molecular flexibility index (Phi) is 4.49. The molecule has 0 saturated carbocycles. The highest BCUT2D eigenvalue weighted by atomic mass is 35.5. The Balaban J connectivity index is 2.20. The average molecular weight is 367 g/mol. The van der Waals surface area contributed by atoms with Gasteiger partial charge in [0.15, 0.2) is 5.78 Å². The van der Waals surface area contributed by atoms with Gasteiger partial charge in [-0.05, 0) is 36.5 Å². The predicted molar refractivity (Wildman–Crippen MR) is 96.6 cm³/mol. The highest BCUT2D eigenvalue weighted by Gasteiger charge is 2.45. The molecule has 6 heteroatoms. The van der Waals surface area contributed by atoms with Crippen LogP contribution in [0.4, 0.5) is 0 Å². The van der Waals surface area contributed by atoms with E-state index in [4.69, 9.17) is 34.3 Å². The molecule has 0 spiro atoms. The number of fused-ring (bicyclic) bond motifs is 3. The fraction of sp³-hybridized carbons (Fsp3) is 0.444. The number of halogens is 2. The Morgan fingerprint density at radius 2 is 2.17 bits per heavy atom. The van der Waals surface area contributed by atoms with Crippen LogP contribution in [0.2, 0.25) is 10.0 Å². The summed E-state index contributed by atoms with van der Waals surface area (Å²) in [5.41, 5.74) is 8.45. The van der Waals surface area contributed by atoms with Gasteiger partial charge in [-0.1, -0.05) is 42.6 Å². The summed E-state index contributed by atoms with van der Waals surface area (Å²) in [6.07, 6.45) is 4.54. The van der Waals surface area contributed by atoms with Crippen LogP contribution in [0.25, 0.3) is 5.57 Å². The van der Waals surface area contributed by atoms with E-state index in [2.05, 4.69) is 6.92 Å². The second kappa shape index (κ2) is 6.17. The molecule has 3 rings (SSSR count). The van der Waals surface area contributed by atoms with Crippen molar-refractivity contribution in [2.75, 3.05) is 0 Å². The van der Waals surface area contributed by atoms with E-state index in [-0.39, 0.29) is 22.1 Å². The lowest BCUT2D eigenvalue weighted by molar-refractivity contribution is -0.115. The van der Waals surface area contributed by atoms with Gasteiger partial charge >= 0.3 is 0 Å². The van der Waals surface area contributed by atoms with Gasteiger partial charge in [0.1, 0.15) is 11.9 Å². The summed E-state index contributed by atoms with van der Waals surface area (Å²) in [7, 11) is 0. The average Bonchev–Trinajstić information content (AvgIpc) is 2.84. The molecule has 2 aliphatic carbocycles. The minimum Gasteiger partial charge on any atom is -0.385 e. The van der Waals surface area contributed by atoms with Crippen molar-refractivity contribution in [2.45, 2.75) is 45.1 Å². The van der Waals surface area contributed by atoms with Crippen molar-refractivity contribution in [3.8, 4) is 0 Å². The van der Waals surface area contributed by atoms with Crippen LogP contribution in [-0.2, 0) is 11.2 Å². The molecule has 0 aliphatic heterocycles. The molecule has 1 aromatic carbocycles. The number of allylic oxidation sites excluding steroid dienone is 2. The van der Waals surface area contributed by atoms with Crippen LogP contribution in [0.5, 0.6) is 0 Å². The van der Waals surface area contributed by atoms with Gasteiger partial charge in [-0.15, -0.1) is 0 Å². The van der Waals surface area contributed by atoms with E-state index >= 15 is 0 Å². The second-order valence-corrected chi connectivity index (χ2v) is 7.47. The molecular weight excluding hydrogens is 347 g/mol. The minimum absolute atomic E-state index is 0.0856. The first kappa shape index (κ1) is 17.5. The smallest absolute Gasteiger partial charge is 0.156 e. The van der Waals surface area contributed by atoms with Crippen molar-refractivity contribution in [1.82, 2.24) is 0 Å². The van der Waals surface area contributed by atoms with E-state index in [0.717, 1.165) is 42.4 Å². The Bertz CT molecular complexity index is 773. The number of carbonyl (C=O) groups is 1. The Morgan fingerprint density at radius 3 is 2.79 bits per heavy atom. The van der Waals surface area contributed by atoms with E-state index < -0.39 is 6.10 Å². The van der Waals surface area contributed by atoms with Crippen molar-refractivity contribution in [3.63, 3.8) is 0 Å². The normalized spacial score (nSPS) is 23.5. The Morgan fingerprint density at radius 1 is 1.46 bits per heavy atom. The summed E-state index contributed by atoms with van der Waals surface area (Å²) in [4.78, 5) is 12.0. The maximum Gasteiger partial charge on any atom is 0.156 e. The van der Waals surface area contributed by atoms with Gasteiger partial charge in [0.05, 0.1) is 10.0 Å². The van der Waals surface area contributed by atoms with Crippen LogP contribution in [0, 0.1) is 10.8 Å². The van der Waals surface area contributed by atoms with E-state index in [0.29, 0.717) is 17.0 Å². The fourth-order valence-corrected chi connectivity index (χ4v) is 4.68. The minimum atomic E-state index is -1.28. The molecule has 0 heterocycles. The molecule has 1 aromatic rings. The van der Waals surface area contributed by atoms with E-state index in [1.54, 1.807) is 12.1 Å². The first-order valence-corrected chi connectivity index (χ1v) is 8.84. The van der Waals surface area contributed by atoms with Gasteiger partial charge < -0.3 is 10.8 Å². The summed E-state index contributed by atoms with van der Waals surface area (Å²) >= 11 is 12.9. The maximum atomic E-state index is 12.0. The van der Waals surface area contributed by atoms with Crippen LogP contribution >= 0.6 is 23.2 Å². The number of aliphatic hydroxyl groups is 1. The summed E-state index contributed by atoms with van der Waals surface area (Å²) in [6, 6.07) is 1.79. The highest BCUT2D eigenvalue weighted by Crippen LogP contribution is 2.57. The van der Waals surface area contributed by atoms with Crippen molar-refractivity contribution >= 4 is 40.4 Å². The molecule has 0 amide bonds. The molecule has 0 bridgehead atoms. The molecule has 0 saturated heterocycles. The number of nitrogens with one attached hydrogen (secondary N) is 1. The molecule has 0 aromatic heterocycles. The lowest BCUT2D eigenvalue weighted by Gasteiger charge is -2.33. The topological polar surface area (TPSA) is 87.2 Å².